The van der Waals surface area contributed by atoms with Gasteiger partial charge in [-0.2, -0.15) is 0 Å². The molecule has 6 aromatic rings. The number of fused-ring (bicyclic) bond motifs is 4. The number of aromatic amines is 2. The second-order valence-electron chi connectivity index (χ2n) is 10.5. The van der Waals surface area contributed by atoms with Gasteiger partial charge in [0.2, 0.25) is 0 Å². The fourth-order valence-corrected chi connectivity index (χ4v) is 5.61. The molecule has 0 aliphatic carbocycles. The molecule has 0 radical (unpaired) electrons. The van der Waals surface area contributed by atoms with E-state index in [4.69, 9.17) is 17.3 Å². The van der Waals surface area contributed by atoms with E-state index in [1.807, 2.05) is 6.07 Å². The van der Waals surface area contributed by atoms with Gasteiger partial charge in [-0.25, -0.2) is 13.8 Å². The fraction of sp³-hybridized carbons (Fsp3) is 0.129. The number of H-pyrrole nitrogens is 2. The lowest BCUT2D eigenvalue weighted by Gasteiger charge is -2.17. The summed E-state index contributed by atoms with van der Waals surface area (Å²) in [7, 11) is 0. The largest absolute Gasteiger partial charge is 0.386 e. The summed E-state index contributed by atoms with van der Waals surface area (Å²) in [5.74, 6) is -1.31. The minimum atomic E-state index is -1.10. The molecule has 8 nitrogen and oxygen atoms in total. The number of nitrogens with one attached hydrogen (secondary N) is 2. The first-order chi connectivity index (χ1) is 19.4. The number of aryl methyl sites for hydroxylation is 1. The maximum Gasteiger partial charge on any atom is 0.333 e. The zero-order chi connectivity index (χ0) is 29.4. The lowest BCUT2D eigenvalue weighted by molar-refractivity contribution is 0.0787. The van der Waals surface area contributed by atoms with Gasteiger partial charge in [0.15, 0.2) is 0 Å². The molecular weight excluding hydrogens is 547 g/mol. The molecule has 1 amide bonds. The summed E-state index contributed by atoms with van der Waals surface area (Å²) in [5, 5.41) is 12.0. The van der Waals surface area contributed by atoms with Gasteiger partial charge in [0.25, 0.3) is 11.5 Å². The Kier molecular flexibility index (Phi) is 5.91. The molecule has 0 aliphatic heterocycles. The number of carbonyl (C=O) groups is 1. The minimum absolute atomic E-state index is 0.00149. The summed E-state index contributed by atoms with van der Waals surface area (Å²) in [6.45, 7) is 4.89. The predicted octanol–water partition coefficient (Wildman–Crippen LogP) is 5.41. The Morgan fingerprint density at radius 3 is 2.41 bits per heavy atom. The topological polar surface area (TPSA) is 134 Å². The number of aliphatic hydroxyl groups is 1. The lowest BCUT2D eigenvalue weighted by atomic mass is 9.94. The molecule has 0 saturated heterocycles. The van der Waals surface area contributed by atoms with Crippen LogP contribution in [-0.2, 0) is 5.60 Å². The molecule has 0 atom stereocenters. The van der Waals surface area contributed by atoms with Crippen LogP contribution in [0.15, 0.2) is 70.3 Å². The average molecular weight is 571 g/mol. The van der Waals surface area contributed by atoms with Crippen LogP contribution >= 0.6 is 11.6 Å². The highest BCUT2D eigenvalue weighted by molar-refractivity contribution is 6.36. The molecule has 0 saturated carbocycles. The summed E-state index contributed by atoms with van der Waals surface area (Å²) in [4.78, 5) is 44.6. The van der Waals surface area contributed by atoms with Gasteiger partial charge in [0.1, 0.15) is 5.82 Å². The van der Waals surface area contributed by atoms with Crippen LogP contribution in [-0.4, -0.2) is 25.5 Å². The van der Waals surface area contributed by atoms with E-state index >= 15 is 0 Å². The summed E-state index contributed by atoms with van der Waals surface area (Å²) in [5.41, 5.74) is 6.44. The zero-order valence-corrected chi connectivity index (χ0v) is 23.0. The molecule has 6 rings (SSSR count). The summed E-state index contributed by atoms with van der Waals surface area (Å²) < 4.78 is 15.6. The number of amides is 1. The number of carbonyl (C=O) groups excluding carboxylic acids is 1. The van der Waals surface area contributed by atoms with E-state index in [0.717, 1.165) is 9.95 Å². The lowest BCUT2D eigenvalue weighted by Crippen LogP contribution is -2.34. The normalized spacial score (nSPS) is 12.0. The maximum atomic E-state index is 14.7. The molecule has 2 heterocycles. The third-order valence-corrected chi connectivity index (χ3v) is 7.84. The monoisotopic (exact) mass is 570 g/mol. The number of nitrogens with zero attached hydrogens (tertiary/aromatic N) is 1. The number of benzene rings is 4. The first-order valence-electron chi connectivity index (χ1n) is 12.7. The molecule has 4 aromatic carbocycles. The van der Waals surface area contributed by atoms with E-state index < -0.39 is 28.6 Å². The Balaban J connectivity index is 1.65. The second kappa shape index (κ2) is 9.15. The van der Waals surface area contributed by atoms with E-state index in [-0.39, 0.29) is 27.2 Å². The van der Waals surface area contributed by atoms with Crippen molar-refractivity contribution in [1.29, 1.82) is 0 Å². The number of halogens is 2. The Morgan fingerprint density at radius 2 is 1.71 bits per heavy atom. The average Bonchev–Trinajstić information content (AvgIpc) is 3.30. The Hall–Kier alpha value is -4.73. The van der Waals surface area contributed by atoms with Gasteiger partial charge in [-0.15, -0.1) is 0 Å². The van der Waals surface area contributed by atoms with Crippen molar-refractivity contribution in [3.63, 3.8) is 0 Å². The van der Waals surface area contributed by atoms with Gasteiger partial charge in [0, 0.05) is 21.9 Å². The predicted molar refractivity (Wildman–Crippen MR) is 158 cm³/mol. The molecule has 0 fully saturated rings. The number of hydrogen-bond acceptors (Lipinski definition) is 4. The van der Waals surface area contributed by atoms with Crippen LogP contribution < -0.4 is 17.0 Å². The number of aromatic nitrogens is 3. The summed E-state index contributed by atoms with van der Waals surface area (Å²) in [6, 6.07) is 16.6. The van der Waals surface area contributed by atoms with Crippen molar-refractivity contribution in [1.82, 2.24) is 14.5 Å². The van der Waals surface area contributed by atoms with Crippen LogP contribution in [0.25, 0.3) is 49.5 Å². The first-order valence-corrected chi connectivity index (χ1v) is 13.1. The molecule has 206 valence electrons. The van der Waals surface area contributed by atoms with Gasteiger partial charge in [-0.3, -0.25) is 9.59 Å². The number of hydrogen-bond donors (Lipinski definition) is 4. The van der Waals surface area contributed by atoms with Gasteiger partial charge < -0.3 is 20.8 Å². The minimum Gasteiger partial charge on any atom is -0.386 e. The highest BCUT2D eigenvalue weighted by atomic mass is 35.5. The van der Waals surface area contributed by atoms with Gasteiger partial charge in [0.05, 0.1) is 38.3 Å². The Bertz CT molecular complexity index is 2210. The fourth-order valence-electron chi connectivity index (χ4n) is 5.30. The van der Waals surface area contributed by atoms with Crippen LogP contribution in [0, 0.1) is 12.7 Å². The zero-order valence-electron chi connectivity index (χ0n) is 22.2. The van der Waals surface area contributed by atoms with Crippen LogP contribution in [0.4, 0.5) is 4.39 Å². The number of rotatable bonds is 4. The molecule has 0 bridgehead atoms. The SMILES string of the molecule is Cc1ccc2c(=O)n(-c3cccc(-c4ccc(C(N)=O)c5[nH]c6cc(C(C)(C)O)ccc6c45)c3Cl)c(=O)[nH]c2c1F. The number of nitrogens with two attached hydrogens (primary N) is 1. The highest BCUT2D eigenvalue weighted by Crippen LogP contribution is 2.41. The Morgan fingerprint density at radius 1 is 0.976 bits per heavy atom. The van der Waals surface area contributed by atoms with E-state index in [0.29, 0.717) is 38.7 Å². The van der Waals surface area contributed by atoms with Gasteiger partial charge in [-0.1, -0.05) is 48.0 Å². The van der Waals surface area contributed by atoms with Crippen molar-refractivity contribution in [2.75, 3.05) is 0 Å². The van der Waals surface area contributed by atoms with Crippen molar-refractivity contribution >= 4 is 50.2 Å². The van der Waals surface area contributed by atoms with Crippen LogP contribution in [0.3, 0.4) is 0 Å². The smallest absolute Gasteiger partial charge is 0.333 e. The van der Waals surface area contributed by atoms with Crippen LogP contribution in [0.2, 0.25) is 5.02 Å². The first kappa shape index (κ1) is 26.5. The van der Waals surface area contributed by atoms with Crippen molar-refractivity contribution in [3.05, 3.63) is 109 Å². The van der Waals surface area contributed by atoms with E-state index in [1.165, 1.54) is 18.2 Å². The third-order valence-electron chi connectivity index (χ3n) is 7.44. The van der Waals surface area contributed by atoms with Crippen molar-refractivity contribution in [2.45, 2.75) is 26.4 Å². The van der Waals surface area contributed by atoms with E-state index in [9.17, 15) is 23.9 Å². The highest BCUT2D eigenvalue weighted by Gasteiger charge is 2.23. The van der Waals surface area contributed by atoms with Crippen molar-refractivity contribution in [3.8, 4) is 16.8 Å². The molecule has 0 aliphatic rings. The van der Waals surface area contributed by atoms with Crippen molar-refractivity contribution in [2.24, 2.45) is 5.73 Å². The number of primary amides is 1. The summed E-state index contributed by atoms with van der Waals surface area (Å²) >= 11 is 6.91. The molecular formula is C31H24ClFN4O4. The van der Waals surface area contributed by atoms with Gasteiger partial charge >= 0.3 is 5.69 Å². The molecule has 10 heteroatoms. The van der Waals surface area contributed by atoms with Crippen LogP contribution in [0.5, 0.6) is 0 Å². The standard InChI is InChI=1S/C31H24ClFN4O4/c1-14-7-9-20-27(25(14)33)36-30(40)37(29(20)39)22-6-4-5-17(24(22)32)16-11-12-19(28(34)38)26-23(16)18-10-8-15(31(2,3)41)13-21(18)35-26/h4-13,35,41H,1-3H3,(H2,34,38)(H,36,40). The molecule has 41 heavy (non-hydrogen) atoms. The maximum absolute atomic E-state index is 14.7. The summed E-state index contributed by atoms with van der Waals surface area (Å²) in [6.07, 6.45) is 0. The van der Waals surface area contributed by atoms with Gasteiger partial charge in [-0.05, 0) is 61.7 Å². The van der Waals surface area contributed by atoms with Crippen molar-refractivity contribution < 1.29 is 14.3 Å². The quantitative estimate of drug-likeness (QED) is 0.225. The van der Waals surface area contributed by atoms with Crippen LogP contribution in [0.1, 0.15) is 35.3 Å². The molecule has 2 aromatic heterocycles. The second-order valence-corrected chi connectivity index (χ2v) is 10.9. The third kappa shape index (κ3) is 4.04. The van der Waals surface area contributed by atoms with E-state index in [2.05, 4.69) is 9.97 Å². The van der Waals surface area contributed by atoms with E-state index in [1.54, 1.807) is 57.2 Å². The molecule has 5 N–H and O–H groups in total. The molecule has 0 spiro atoms. The Labute approximate surface area is 236 Å². The molecule has 0 unspecified atom stereocenters.